The van der Waals surface area contributed by atoms with E-state index in [9.17, 15) is 4.79 Å². The van der Waals surface area contributed by atoms with Gasteiger partial charge < -0.3 is 19.8 Å². The van der Waals surface area contributed by atoms with Gasteiger partial charge in [-0.2, -0.15) is 0 Å². The number of hydrogen-bond acceptors (Lipinski definition) is 3. The molecule has 3 rings (SSSR count). The molecule has 2 N–H and O–H groups in total. The summed E-state index contributed by atoms with van der Waals surface area (Å²) in [5.41, 5.74) is 1.13. The molecule has 21 heavy (non-hydrogen) atoms. The maximum Gasteiger partial charge on any atom is 0.315 e. The van der Waals surface area contributed by atoms with Gasteiger partial charge in [-0.05, 0) is 44.1 Å². The fourth-order valence-corrected chi connectivity index (χ4v) is 2.76. The molecule has 2 aliphatic rings. The lowest BCUT2D eigenvalue weighted by atomic mass is 9.93. The number of urea groups is 1. The Kier molecular flexibility index (Phi) is 4.80. The van der Waals surface area contributed by atoms with Gasteiger partial charge in [0.05, 0.1) is 12.3 Å². The van der Waals surface area contributed by atoms with Gasteiger partial charge in [-0.15, -0.1) is 0 Å². The smallest absolute Gasteiger partial charge is 0.315 e. The minimum atomic E-state index is -0.101. The Morgan fingerprint density at radius 1 is 1.38 bits per heavy atom. The van der Waals surface area contributed by atoms with Crippen LogP contribution in [0.5, 0.6) is 0 Å². The molecule has 1 aromatic rings. The molecule has 1 saturated carbocycles. The third kappa shape index (κ3) is 4.24. The van der Waals surface area contributed by atoms with Gasteiger partial charge in [0.15, 0.2) is 0 Å². The largest absolute Gasteiger partial charge is 0.469 e. The average molecular weight is 292 g/mol. The van der Waals surface area contributed by atoms with Gasteiger partial charge in [-0.1, -0.05) is 0 Å². The van der Waals surface area contributed by atoms with Crippen LogP contribution in [0.25, 0.3) is 0 Å². The first-order valence-corrected chi connectivity index (χ1v) is 8.01. The van der Waals surface area contributed by atoms with E-state index in [1.807, 2.05) is 6.07 Å². The summed E-state index contributed by atoms with van der Waals surface area (Å²) in [5, 5.41) is 5.93. The highest BCUT2D eigenvalue weighted by Crippen LogP contribution is 2.30. The van der Waals surface area contributed by atoms with E-state index in [2.05, 4.69) is 10.6 Å². The fraction of sp³-hybridized carbons (Fsp3) is 0.688. The minimum Gasteiger partial charge on any atom is -0.469 e. The summed E-state index contributed by atoms with van der Waals surface area (Å²) >= 11 is 0. The Balaban J connectivity index is 1.31. The van der Waals surface area contributed by atoms with Crippen molar-refractivity contribution in [3.63, 3.8) is 0 Å². The average Bonchev–Trinajstić information content (AvgIpc) is 3.17. The predicted octanol–water partition coefficient (Wildman–Crippen LogP) is 2.77. The second kappa shape index (κ2) is 6.98. The van der Waals surface area contributed by atoms with Crippen molar-refractivity contribution in [1.82, 2.24) is 10.6 Å². The molecule has 1 aromatic heterocycles. The number of carbonyl (C=O) groups is 1. The summed E-state index contributed by atoms with van der Waals surface area (Å²) in [7, 11) is 0. The van der Waals surface area contributed by atoms with E-state index >= 15 is 0 Å². The van der Waals surface area contributed by atoms with Crippen molar-refractivity contribution in [2.24, 2.45) is 5.92 Å². The summed E-state index contributed by atoms with van der Waals surface area (Å²) < 4.78 is 11.0. The molecule has 116 valence electrons. The highest BCUT2D eigenvalue weighted by molar-refractivity contribution is 5.74. The monoisotopic (exact) mass is 292 g/mol. The zero-order valence-electron chi connectivity index (χ0n) is 12.4. The van der Waals surface area contributed by atoms with Crippen molar-refractivity contribution in [1.29, 1.82) is 0 Å². The highest BCUT2D eigenvalue weighted by atomic mass is 16.5. The minimum absolute atomic E-state index is 0.0821. The first kappa shape index (κ1) is 14.4. The van der Waals surface area contributed by atoms with E-state index in [1.165, 1.54) is 12.8 Å². The summed E-state index contributed by atoms with van der Waals surface area (Å²) in [5.74, 6) is 1.82. The lowest BCUT2D eigenvalue weighted by molar-refractivity contribution is 0.122. The third-order valence-corrected chi connectivity index (χ3v) is 4.16. The molecule has 0 spiro atoms. The number of rotatable bonds is 7. The molecule has 5 nitrogen and oxygen atoms in total. The second-order valence-electron chi connectivity index (χ2n) is 6.02. The Morgan fingerprint density at radius 3 is 3.14 bits per heavy atom. The van der Waals surface area contributed by atoms with E-state index < -0.39 is 0 Å². The highest BCUT2D eigenvalue weighted by Gasteiger charge is 2.24. The van der Waals surface area contributed by atoms with Crippen molar-refractivity contribution < 1.29 is 13.9 Å². The van der Waals surface area contributed by atoms with Crippen LogP contribution in [0.1, 0.15) is 49.5 Å². The van der Waals surface area contributed by atoms with Crippen molar-refractivity contribution in [3.8, 4) is 0 Å². The summed E-state index contributed by atoms with van der Waals surface area (Å²) in [4.78, 5) is 11.9. The third-order valence-electron chi connectivity index (χ3n) is 4.16. The molecule has 1 fully saturated rings. The first-order chi connectivity index (χ1) is 10.3. The number of aryl methyl sites for hydroxylation is 1. The number of furan rings is 1. The first-order valence-electron chi connectivity index (χ1n) is 8.01. The number of amides is 2. The zero-order chi connectivity index (χ0) is 14.5. The molecular weight excluding hydrogens is 268 g/mol. The van der Waals surface area contributed by atoms with Gasteiger partial charge in [0.1, 0.15) is 5.76 Å². The lowest BCUT2D eigenvalue weighted by Crippen LogP contribution is -2.39. The Bertz CT molecular complexity index is 468. The Labute approximate surface area is 125 Å². The number of carbonyl (C=O) groups excluding carboxylic acids is 1. The number of ether oxygens (including phenoxy) is 1. The van der Waals surface area contributed by atoms with Crippen LogP contribution in [0.3, 0.4) is 0 Å². The van der Waals surface area contributed by atoms with Gasteiger partial charge in [0.25, 0.3) is 0 Å². The van der Waals surface area contributed by atoms with Crippen LogP contribution in [-0.4, -0.2) is 25.8 Å². The lowest BCUT2D eigenvalue weighted by Gasteiger charge is -2.22. The normalized spacial score (nSPS) is 20.9. The molecule has 0 aromatic carbocycles. The number of nitrogens with one attached hydrogen (secondary N) is 2. The van der Waals surface area contributed by atoms with Crippen molar-refractivity contribution >= 4 is 6.03 Å². The van der Waals surface area contributed by atoms with E-state index in [0.717, 1.165) is 56.1 Å². The van der Waals surface area contributed by atoms with E-state index in [0.29, 0.717) is 6.54 Å². The van der Waals surface area contributed by atoms with Gasteiger partial charge in [-0.3, -0.25) is 0 Å². The van der Waals surface area contributed by atoms with Crippen LogP contribution in [0.15, 0.2) is 16.7 Å². The van der Waals surface area contributed by atoms with Gasteiger partial charge in [0, 0.05) is 31.7 Å². The maximum absolute atomic E-state index is 11.9. The van der Waals surface area contributed by atoms with Crippen LogP contribution in [0.4, 0.5) is 4.79 Å². The standard InChI is InChI=1S/C16H24N2O3/c19-16(17-8-2-9-20-11-12-5-6-12)18-14-3-1-4-15-13(14)7-10-21-15/h7,10,12,14H,1-6,8-9,11H2,(H2,17,18,19). The molecule has 1 heterocycles. The Hall–Kier alpha value is -1.49. The van der Waals surface area contributed by atoms with Crippen molar-refractivity contribution in [2.75, 3.05) is 19.8 Å². The number of fused-ring (bicyclic) bond motifs is 1. The summed E-state index contributed by atoms with van der Waals surface area (Å²) in [6.07, 6.45) is 8.21. The molecule has 0 saturated heterocycles. The van der Waals surface area contributed by atoms with Gasteiger partial charge in [-0.25, -0.2) is 4.79 Å². The number of hydrogen-bond donors (Lipinski definition) is 2. The summed E-state index contributed by atoms with van der Waals surface area (Å²) in [6.45, 7) is 2.27. The van der Waals surface area contributed by atoms with Gasteiger partial charge >= 0.3 is 6.03 Å². The quantitative estimate of drug-likeness (QED) is 0.760. The zero-order valence-corrected chi connectivity index (χ0v) is 12.4. The molecule has 0 aliphatic heterocycles. The molecule has 2 amide bonds. The van der Waals surface area contributed by atoms with Crippen LogP contribution in [0, 0.1) is 5.92 Å². The summed E-state index contributed by atoms with van der Waals surface area (Å²) in [6, 6.07) is 1.94. The molecule has 0 radical (unpaired) electrons. The molecule has 2 aliphatic carbocycles. The van der Waals surface area contributed by atoms with Crippen molar-refractivity contribution in [2.45, 2.75) is 44.6 Å². The van der Waals surface area contributed by atoms with Gasteiger partial charge in [0.2, 0.25) is 0 Å². The van der Waals surface area contributed by atoms with Crippen LogP contribution < -0.4 is 10.6 Å². The van der Waals surface area contributed by atoms with E-state index in [1.54, 1.807) is 6.26 Å². The predicted molar refractivity (Wildman–Crippen MR) is 79.1 cm³/mol. The SMILES string of the molecule is O=C(NCCCOCC1CC1)NC1CCCc2occc21. The fourth-order valence-electron chi connectivity index (χ4n) is 2.76. The maximum atomic E-state index is 11.9. The van der Waals surface area contributed by atoms with Crippen LogP contribution >= 0.6 is 0 Å². The topological polar surface area (TPSA) is 63.5 Å². The molecule has 5 heteroatoms. The second-order valence-corrected chi connectivity index (χ2v) is 6.02. The van der Waals surface area contributed by atoms with Crippen LogP contribution in [-0.2, 0) is 11.2 Å². The molecule has 1 unspecified atom stereocenters. The molecule has 1 atom stereocenters. The van der Waals surface area contributed by atoms with E-state index in [-0.39, 0.29) is 12.1 Å². The van der Waals surface area contributed by atoms with Crippen LogP contribution in [0.2, 0.25) is 0 Å². The molecule has 0 bridgehead atoms. The van der Waals surface area contributed by atoms with Crippen molar-refractivity contribution in [3.05, 3.63) is 23.7 Å². The molecular formula is C16H24N2O3. The Morgan fingerprint density at radius 2 is 2.29 bits per heavy atom. The van der Waals surface area contributed by atoms with E-state index in [4.69, 9.17) is 9.15 Å².